The van der Waals surface area contributed by atoms with Crippen molar-refractivity contribution in [3.8, 4) is 11.5 Å². The number of carbonyl (C=O) groups excluding carboxylic acids is 1. The van der Waals surface area contributed by atoms with Crippen LogP contribution in [-0.2, 0) is 16.1 Å². The fraction of sp³-hybridized carbons (Fsp3) is 0.650. The van der Waals surface area contributed by atoms with Gasteiger partial charge in [-0.1, -0.05) is 6.07 Å². The molecule has 1 aromatic rings. The van der Waals surface area contributed by atoms with Crippen LogP contribution >= 0.6 is 0 Å². The second-order valence-corrected chi connectivity index (χ2v) is 7.90. The number of nitrogens with zero attached hydrogens (tertiary/aromatic N) is 2. The highest BCUT2D eigenvalue weighted by molar-refractivity contribution is 5.81. The van der Waals surface area contributed by atoms with Crippen molar-refractivity contribution in [1.29, 1.82) is 0 Å². The van der Waals surface area contributed by atoms with E-state index in [4.69, 9.17) is 14.2 Å². The molecule has 26 heavy (non-hydrogen) atoms. The highest BCUT2D eigenvalue weighted by Crippen LogP contribution is 2.36. The van der Waals surface area contributed by atoms with Gasteiger partial charge in [-0.2, -0.15) is 0 Å². The number of piperidine rings is 1. The number of benzene rings is 1. The van der Waals surface area contributed by atoms with Crippen molar-refractivity contribution in [2.45, 2.75) is 44.4 Å². The number of fused-ring (bicyclic) bond motifs is 2. The van der Waals surface area contributed by atoms with Crippen LogP contribution in [0.1, 0.15) is 31.2 Å². The van der Waals surface area contributed by atoms with E-state index in [1.54, 1.807) is 0 Å². The second-order valence-electron chi connectivity index (χ2n) is 7.90. The van der Waals surface area contributed by atoms with Gasteiger partial charge in [0.25, 0.3) is 5.91 Å². The molecule has 0 aromatic heterocycles. The summed E-state index contributed by atoms with van der Waals surface area (Å²) in [6.45, 7) is 4.97. The van der Waals surface area contributed by atoms with Crippen LogP contribution in [0.3, 0.4) is 0 Å². The van der Waals surface area contributed by atoms with Crippen molar-refractivity contribution < 1.29 is 19.0 Å². The smallest absolute Gasteiger partial charge is 0.251 e. The summed E-state index contributed by atoms with van der Waals surface area (Å²) < 4.78 is 17.1. The van der Waals surface area contributed by atoms with Gasteiger partial charge in [-0.05, 0) is 55.8 Å². The van der Waals surface area contributed by atoms with Gasteiger partial charge in [-0.15, -0.1) is 0 Å². The number of likely N-dealkylation sites (tertiary alicyclic amines) is 2. The minimum absolute atomic E-state index is 0.189. The van der Waals surface area contributed by atoms with Crippen LogP contribution in [0, 0.1) is 5.92 Å². The minimum Gasteiger partial charge on any atom is -0.454 e. The first-order valence-corrected chi connectivity index (χ1v) is 9.81. The van der Waals surface area contributed by atoms with Crippen LogP contribution in [0.25, 0.3) is 0 Å². The third-order valence-corrected chi connectivity index (χ3v) is 6.17. The molecular weight excluding hydrogens is 332 g/mol. The Kier molecular flexibility index (Phi) is 4.25. The maximum Gasteiger partial charge on any atom is 0.251 e. The van der Waals surface area contributed by atoms with Gasteiger partial charge in [-0.25, -0.2) is 0 Å². The molecule has 0 N–H and O–H groups in total. The molecular formula is C20H26N2O4. The molecule has 5 rings (SSSR count). The molecule has 0 radical (unpaired) electrons. The zero-order valence-corrected chi connectivity index (χ0v) is 15.1. The van der Waals surface area contributed by atoms with E-state index in [2.05, 4.69) is 17.0 Å². The maximum atomic E-state index is 12.6. The van der Waals surface area contributed by atoms with Crippen molar-refractivity contribution >= 4 is 5.91 Å². The number of hydrogen-bond donors (Lipinski definition) is 0. The SMILES string of the molecule is O=C([C@H]1C[C@@H]2CCN(Cc3ccc4c(c3)OCO4)C[C@H]2O1)N1CCCC1. The van der Waals surface area contributed by atoms with E-state index in [1.165, 1.54) is 5.56 Å². The first-order chi connectivity index (χ1) is 12.8. The summed E-state index contributed by atoms with van der Waals surface area (Å²) in [7, 11) is 0. The van der Waals surface area contributed by atoms with E-state index in [-0.39, 0.29) is 18.1 Å². The van der Waals surface area contributed by atoms with E-state index in [1.807, 2.05) is 11.0 Å². The highest BCUT2D eigenvalue weighted by atomic mass is 16.7. The highest BCUT2D eigenvalue weighted by Gasteiger charge is 2.43. The quantitative estimate of drug-likeness (QED) is 0.827. The molecule has 4 aliphatic rings. The largest absolute Gasteiger partial charge is 0.454 e. The molecule has 3 fully saturated rings. The minimum atomic E-state index is -0.214. The van der Waals surface area contributed by atoms with E-state index >= 15 is 0 Å². The summed E-state index contributed by atoms with van der Waals surface area (Å²) in [5.41, 5.74) is 1.23. The normalized spacial score (nSPS) is 30.6. The molecule has 0 unspecified atom stereocenters. The molecule has 3 atom stereocenters. The average molecular weight is 358 g/mol. The first-order valence-electron chi connectivity index (χ1n) is 9.81. The first kappa shape index (κ1) is 16.4. The van der Waals surface area contributed by atoms with E-state index in [0.717, 1.165) is 69.9 Å². The topological polar surface area (TPSA) is 51.2 Å². The van der Waals surface area contributed by atoms with Crippen molar-refractivity contribution in [3.05, 3.63) is 23.8 Å². The molecule has 140 valence electrons. The number of amides is 1. The van der Waals surface area contributed by atoms with Crippen molar-refractivity contribution in [3.63, 3.8) is 0 Å². The zero-order valence-electron chi connectivity index (χ0n) is 15.1. The van der Waals surface area contributed by atoms with Gasteiger partial charge < -0.3 is 19.1 Å². The Labute approximate surface area is 154 Å². The standard InChI is InChI=1S/C20H26N2O4/c23-20(22-6-1-2-7-22)18-10-15-5-8-21(12-19(15)26-18)11-14-3-4-16-17(9-14)25-13-24-16/h3-4,9,15,18-19H,1-2,5-8,10-13H2/t15-,18+,19+/m0/s1. The zero-order chi connectivity index (χ0) is 17.5. The van der Waals surface area contributed by atoms with E-state index in [0.29, 0.717) is 12.7 Å². The Hall–Kier alpha value is -1.79. The molecule has 6 heteroatoms. The Morgan fingerprint density at radius 2 is 1.96 bits per heavy atom. The molecule has 1 amide bonds. The molecule has 0 spiro atoms. The van der Waals surface area contributed by atoms with Crippen LogP contribution in [0.5, 0.6) is 11.5 Å². The molecule has 0 bridgehead atoms. The molecule has 4 aliphatic heterocycles. The molecule has 6 nitrogen and oxygen atoms in total. The summed E-state index contributed by atoms with van der Waals surface area (Å²) >= 11 is 0. The summed E-state index contributed by atoms with van der Waals surface area (Å²) in [5.74, 6) is 2.42. The second kappa shape index (κ2) is 6.74. The van der Waals surface area contributed by atoms with Gasteiger partial charge in [0.2, 0.25) is 6.79 Å². The Morgan fingerprint density at radius 3 is 2.85 bits per heavy atom. The number of carbonyl (C=O) groups is 1. The number of rotatable bonds is 3. The van der Waals surface area contributed by atoms with Crippen molar-refractivity contribution in [1.82, 2.24) is 9.80 Å². The molecule has 0 saturated carbocycles. The summed E-state index contributed by atoms with van der Waals surface area (Å²) in [4.78, 5) is 17.1. The third-order valence-electron chi connectivity index (χ3n) is 6.17. The number of ether oxygens (including phenoxy) is 3. The average Bonchev–Trinajstić information content (AvgIpc) is 3.40. The van der Waals surface area contributed by atoms with Gasteiger partial charge in [0.15, 0.2) is 11.5 Å². The Bertz CT molecular complexity index is 688. The van der Waals surface area contributed by atoms with Gasteiger partial charge in [-0.3, -0.25) is 9.69 Å². The van der Waals surface area contributed by atoms with Crippen LogP contribution in [-0.4, -0.2) is 60.9 Å². The third kappa shape index (κ3) is 3.05. The molecule has 3 saturated heterocycles. The van der Waals surface area contributed by atoms with E-state index in [9.17, 15) is 4.79 Å². The summed E-state index contributed by atoms with van der Waals surface area (Å²) in [6, 6.07) is 6.17. The Morgan fingerprint density at radius 1 is 1.12 bits per heavy atom. The number of hydrogen-bond acceptors (Lipinski definition) is 5. The maximum absolute atomic E-state index is 12.6. The lowest BCUT2D eigenvalue weighted by molar-refractivity contribution is -0.142. The van der Waals surface area contributed by atoms with Crippen molar-refractivity contribution in [2.24, 2.45) is 5.92 Å². The predicted molar refractivity (Wildman–Crippen MR) is 95.0 cm³/mol. The van der Waals surface area contributed by atoms with Crippen molar-refractivity contribution in [2.75, 3.05) is 33.0 Å². The van der Waals surface area contributed by atoms with Crippen LogP contribution in [0.4, 0.5) is 0 Å². The lowest BCUT2D eigenvalue weighted by Crippen LogP contribution is -2.42. The predicted octanol–water partition coefficient (Wildman–Crippen LogP) is 2.02. The molecule has 1 aromatic carbocycles. The van der Waals surface area contributed by atoms with Gasteiger partial charge in [0.05, 0.1) is 6.10 Å². The van der Waals surface area contributed by atoms with Gasteiger partial charge >= 0.3 is 0 Å². The monoisotopic (exact) mass is 358 g/mol. The van der Waals surface area contributed by atoms with Gasteiger partial charge in [0, 0.05) is 26.2 Å². The van der Waals surface area contributed by atoms with Gasteiger partial charge in [0.1, 0.15) is 6.10 Å². The van der Waals surface area contributed by atoms with Crippen LogP contribution in [0.15, 0.2) is 18.2 Å². The lowest BCUT2D eigenvalue weighted by atomic mass is 9.91. The van der Waals surface area contributed by atoms with Crippen LogP contribution in [0.2, 0.25) is 0 Å². The summed E-state index contributed by atoms with van der Waals surface area (Å²) in [5, 5.41) is 0. The van der Waals surface area contributed by atoms with Crippen LogP contribution < -0.4 is 9.47 Å². The fourth-order valence-electron chi connectivity index (χ4n) is 4.74. The summed E-state index contributed by atoms with van der Waals surface area (Å²) in [6.07, 6.45) is 4.25. The molecule has 0 aliphatic carbocycles. The Balaban J connectivity index is 1.19. The fourth-order valence-corrected chi connectivity index (χ4v) is 4.74. The van der Waals surface area contributed by atoms with E-state index < -0.39 is 0 Å². The molecule has 4 heterocycles. The lowest BCUT2D eigenvalue weighted by Gasteiger charge is -2.34.